The number of hydrogen-bond acceptors (Lipinski definition) is 2. The van der Waals surface area contributed by atoms with Crippen molar-refractivity contribution in [3.05, 3.63) is 35.4 Å². The molecule has 7 heteroatoms. The SMILES string of the molecule is CC(=O)N[C@@H]1CCN(C(=O)N2CCCC3(CCCC3)C2)[C@H](c2cc(F)ccc2F)C1. The summed E-state index contributed by atoms with van der Waals surface area (Å²) in [6, 6.07) is 2.54. The Labute approximate surface area is 176 Å². The van der Waals surface area contributed by atoms with Gasteiger partial charge in [-0.2, -0.15) is 0 Å². The van der Waals surface area contributed by atoms with E-state index in [1.807, 2.05) is 4.90 Å². The van der Waals surface area contributed by atoms with Crippen LogP contribution in [0.2, 0.25) is 0 Å². The monoisotopic (exact) mass is 419 g/mol. The van der Waals surface area contributed by atoms with Crippen LogP contribution < -0.4 is 5.32 Å². The Balaban J connectivity index is 1.58. The molecule has 1 saturated carbocycles. The lowest BCUT2D eigenvalue weighted by molar-refractivity contribution is -0.120. The molecule has 5 nitrogen and oxygen atoms in total. The van der Waals surface area contributed by atoms with Gasteiger partial charge in [0.15, 0.2) is 0 Å². The smallest absolute Gasteiger partial charge is 0.320 e. The molecule has 3 aliphatic rings. The molecule has 0 unspecified atom stereocenters. The van der Waals surface area contributed by atoms with E-state index in [9.17, 15) is 18.4 Å². The van der Waals surface area contributed by atoms with Crippen LogP contribution in [0, 0.1) is 17.0 Å². The highest BCUT2D eigenvalue weighted by Crippen LogP contribution is 2.45. The van der Waals surface area contributed by atoms with E-state index in [0.29, 0.717) is 25.9 Å². The van der Waals surface area contributed by atoms with Crippen LogP contribution in [0.15, 0.2) is 18.2 Å². The van der Waals surface area contributed by atoms with E-state index in [4.69, 9.17) is 0 Å². The second-order valence-corrected chi connectivity index (χ2v) is 9.31. The number of nitrogens with one attached hydrogen (secondary N) is 1. The summed E-state index contributed by atoms with van der Waals surface area (Å²) in [5, 5.41) is 2.89. The highest BCUT2D eigenvalue weighted by molar-refractivity contribution is 5.76. The molecule has 3 fully saturated rings. The quantitative estimate of drug-likeness (QED) is 0.773. The van der Waals surface area contributed by atoms with Gasteiger partial charge in [0.1, 0.15) is 11.6 Å². The zero-order valence-electron chi connectivity index (χ0n) is 17.6. The molecule has 3 amide bonds. The van der Waals surface area contributed by atoms with Crippen LogP contribution in [0.3, 0.4) is 0 Å². The topological polar surface area (TPSA) is 52.7 Å². The molecule has 2 aliphatic heterocycles. The van der Waals surface area contributed by atoms with Crippen LogP contribution in [-0.4, -0.2) is 47.4 Å². The zero-order chi connectivity index (χ0) is 21.3. The van der Waals surface area contributed by atoms with E-state index in [0.717, 1.165) is 25.1 Å². The summed E-state index contributed by atoms with van der Waals surface area (Å²) in [6.07, 6.45) is 7.94. The van der Waals surface area contributed by atoms with Crippen molar-refractivity contribution in [1.29, 1.82) is 0 Å². The van der Waals surface area contributed by atoms with E-state index in [-0.39, 0.29) is 29.0 Å². The lowest BCUT2D eigenvalue weighted by Gasteiger charge is -2.46. The van der Waals surface area contributed by atoms with E-state index >= 15 is 0 Å². The fraction of sp³-hybridized carbons (Fsp3) is 0.652. The Morgan fingerprint density at radius 2 is 1.83 bits per heavy atom. The molecular formula is C23H31F2N3O2. The van der Waals surface area contributed by atoms with Crippen molar-refractivity contribution in [2.45, 2.75) is 70.4 Å². The van der Waals surface area contributed by atoms with Gasteiger partial charge < -0.3 is 15.1 Å². The molecule has 1 aromatic carbocycles. The van der Waals surface area contributed by atoms with Crippen LogP contribution in [0.25, 0.3) is 0 Å². The van der Waals surface area contributed by atoms with Crippen LogP contribution in [-0.2, 0) is 4.79 Å². The number of carbonyl (C=O) groups is 2. The van der Waals surface area contributed by atoms with Crippen molar-refractivity contribution < 1.29 is 18.4 Å². The van der Waals surface area contributed by atoms with Gasteiger partial charge in [-0.25, -0.2) is 13.6 Å². The van der Waals surface area contributed by atoms with Crippen LogP contribution >= 0.6 is 0 Å². The maximum Gasteiger partial charge on any atom is 0.320 e. The Hall–Kier alpha value is -2.18. The molecule has 1 N–H and O–H groups in total. The highest BCUT2D eigenvalue weighted by atomic mass is 19.1. The predicted molar refractivity (Wildman–Crippen MR) is 110 cm³/mol. The second kappa shape index (κ2) is 8.52. The van der Waals surface area contributed by atoms with Gasteiger partial charge in [0.2, 0.25) is 5.91 Å². The van der Waals surface area contributed by atoms with Crippen LogP contribution in [0.4, 0.5) is 13.6 Å². The van der Waals surface area contributed by atoms with E-state index in [2.05, 4.69) is 5.32 Å². The fourth-order valence-electron chi connectivity index (χ4n) is 5.76. The Bertz CT molecular complexity index is 810. The number of rotatable bonds is 2. The Morgan fingerprint density at radius 3 is 2.57 bits per heavy atom. The van der Waals surface area contributed by atoms with Gasteiger partial charge in [0.05, 0.1) is 6.04 Å². The summed E-state index contributed by atoms with van der Waals surface area (Å²) in [5.41, 5.74) is 0.424. The standard InChI is InChI=1S/C23H31F2N3O2/c1-16(29)26-18-7-12-28(21(14-18)19-13-17(24)5-6-20(19)25)22(30)27-11-4-10-23(15-27)8-2-3-9-23/h5-6,13,18,21H,2-4,7-12,14-15H2,1H3,(H,26,29)/t18-,21+/m1/s1. The van der Waals surface area contributed by atoms with Gasteiger partial charge in [0, 0.05) is 38.2 Å². The number of amides is 3. The van der Waals surface area contributed by atoms with Crippen molar-refractivity contribution >= 4 is 11.9 Å². The minimum Gasteiger partial charge on any atom is -0.353 e. The Kier molecular flexibility index (Phi) is 5.98. The van der Waals surface area contributed by atoms with Crippen molar-refractivity contribution in [3.8, 4) is 0 Å². The average Bonchev–Trinajstić information content (AvgIpc) is 3.16. The van der Waals surface area contributed by atoms with Gasteiger partial charge in [-0.15, -0.1) is 0 Å². The van der Waals surface area contributed by atoms with Crippen LogP contribution in [0.5, 0.6) is 0 Å². The molecule has 1 spiro atoms. The number of hydrogen-bond donors (Lipinski definition) is 1. The number of urea groups is 1. The molecule has 0 aromatic heterocycles. The minimum absolute atomic E-state index is 0.0871. The molecule has 2 atom stereocenters. The molecule has 1 aromatic rings. The molecule has 2 saturated heterocycles. The normalized spacial score (nSPS) is 26.1. The first-order chi connectivity index (χ1) is 14.4. The molecule has 2 heterocycles. The third kappa shape index (κ3) is 4.30. The average molecular weight is 420 g/mol. The van der Waals surface area contributed by atoms with Crippen LogP contribution in [0.1, 0.15) is 69.9 Å². The lowest BCUT2D eigenvalue weighted by atomic mass is 9.78. The summed E-state index contributed by atoms with van der Waals surface area (Å²) in [4.78, 5) is 28.7. The largest absolute Gasteiger partial charge is 0.353 e. The minimum atomic E-state index is -0.597. The maximum atomic E-state index is 14.7. The molecule has 30 heavy (non-hydrogen) atoms. The highest BCUT2D eigenvalue weighted by Gasteiger charge is 2.42. The molecule has 0 radical (unpaired) electrons. The van der Waals surface area contributed by atoms with E-state index < -0.39 is 17.7 Å². The first-order valence-electron chi connectivity index (χ1n) is 11.1. The van der Waals surface area contributed by atoms with Crippen molar-refractivity contribution in [3.63, 3.8) is 0 Å². The first-order valence-corrected chi connectivity index (χ1v) is 11.1. The van der Waals surface area contributed by atoms with Gasteiger partial charge in [-0.3, -0.25) is 4.79 Å². The van der Waals surface area contributed by atoms with Gasteiger partial charge in [-0.1, -0.05) is 12.8 Å². The number of nitrogens with zero attached hydrogens (tertiary/aromatic N) is 2. The van der Waals surface area contributed by atoms with Gasteiger partial charge in [0.25, 0.3) is 0 Å². The molecular weight excluding hydrogens is 388 g/mol. The zero-order valence-corrected chi connectivity index (χ0v) is 17.6. The summed E-state index contributed by atoms with van der Waals surface area (Å²) < 4.78 is 28.6. The number of carbonyl (C=O) groups excluding carboxylic acids is 2. The summed E-state index contributed by atoms with van der Waals surface area (Å²) >= 11 is 0. The molecule has 4 rings (SSSR count). The number of likely N-dealkylation sites (tertiary alicyclic amines) is 2. The Morgan fingerprint density at radius 1 is 1.10 bits per heavy atom. The van der Waals surface area contributed by atoms with Gasteiger partial charge in [-0.05, 0) is 62.1 Å². The van der Waals surface area contributed by atoms with Gasteiger partial charge >= 0.3 is 6.03 Å². The third-order valence-electron chi connectivity index (χ3n) is 7.17. The van der Waals surface area contributed by atoms with Crippen molar-refractivity contribution in [1.82, 2.24) is 15.1 Å². The van der Waals surface area contributed by atoms with Crippen molar-refractivity contribution in [2.24, 2.45) is 5.41 Å². The predicted octanol–water partition coefficient (Wildman–Crippen LogP) is 4.38. The molecule has 0 bridgehead atoms. The number of piperidine rings is 2. The fourth-order valence-corrected chi connectivity index (χ4v) is 5.76. The second-order valence-electron chi connectivity index (χ2n) is 9.31. The first kappa shape index (κ1) is 21.1. The maximum absolute atomic E-state index is 14.7. The third-order valence-corrected chi connectivity index (χ3v) is 7.17. The number of halogens is 2. The summed E-state index contributed by atoms with van der Waals surface area (Å²) in [7, 11) is 0. The van der Waals surface area contributed by atoms with Crippen molar-refractivity contribution in [2.75, 3.05) is 19.6 Å². The summed E-state index contributed by atoms with van der Waals surface area (Å²) in [5.74, 6) is -1.20. The van der Waals surface area contributed by atoms with E-state index in [1.165, 1.54) is 45.1 Å². The van der Waals surface area contributed by atoms with E-state index in [1.54, 1.807) is 4.90 Å². The lowest BCUT2D eigenvalue weighted by Crippen LogP contribution is -2.55. The molecule has 1 aliphatic carbocycles. The summed E-state index contributed by atoms with van der Waals surface area (Å²) in [6.45, 7) is 3.33. The molecule has 164 valence electrons. The number of benzene rings is 1.